The summed E-state index contributed by atoms with van der Waals surface area (Å²) in [4.78, 5) is 0. The van der Waals surface area contributed by atoms with Crippen molar-refractivity contribution in [2.75, 3.05) is 13.7 Å². The summed E-state index contributed by atoms with van der Waals surface area (Å²) in [5, 5.41) is 3.28. The van der Waals surface area contributed by atoms with Crippen LogP contribution in [0.5, 0.6) is 5.75 Å². The molecule has 0 radical (unpaired) electrons. The van der Waals surface area contributed by atoms with Gasteiger partial charge in [0.25, 0.3) is 0 Å². The van der Waals surface area contributed by atoms with Crippen LogP contribution in [-0.4, -0.2) is 13.7 Å². The smallest absolute Gasteiger partial charge is 0.124 e. The van der Waals surface area contributed by atoms with Crippen molar-refractivity contribution in [2.45, 2.75) is 64.8 Å². The first-order chi connectivity index (χ1) is 10.2. The van der Waals surface area contributed by atoms with Crippen LogP contribution in [0.2, 0.25) is 0 Å². The molecule has 0 amide bonds. The zero-order chi connectivity index (χ0) is 15.5. The third-order valence-corrected chi connectivity index (χ3v) is 4.37. The molecule has 1 atom stereocenters. The Kier molecular flexibility index (Phi) is 9.77. The average Bonchev–Trinajstić information content (AvgIpc) is 2.50. The van der Waals surface area contributed by atoms with Gasteiger partial charge in [0.15, 0.2) is 0 Å². The fraction of sp³-hybridized carbons (Fsp3) is 0.667. The number of nitrogens with one attached hydrogen (secondary N) is 1. The number of halogens is 1. The first-order valence-electron chi connectivity index (χ1n) is 8.28. The quantitative estimate of drug-likeness (QED) is 0.502. The van der Waals surface area contributed by atoms with Gasteiger partial charge >= 0.3 is 0 Å². The Hall–Kier alpha value is -0.540. The van der Waals surface area contributed by atoms with Gasteiger partial charge in [-0.25, -0.2) is 0 Å². The number of hydrogen-bond acceptors (Lipinski definition) is 2. The van der Waals surface area contributed by atoms with Gasteiger partial charge in [-0.05, 0) is 38.6 Å². The van der Waals surface area contributed by atoms with Crippen LogP contribution in [-0.2, 0) is 0 Å². The minimum atomic E-state index is 0.298. The van der Waals surface area contributed by atoms with E-state index in [-0.39, 0.29) is 0 Å². The van der Waals surface area contributed by atoms with Gasteiger partial charge in [-0.1, -0.05) is 61.4 Å². The number of ether oxygens (including phenoxy) is 1. The first-order valence-corrected chi connectivity index (χ1v) is 9.07. The number of unbranched alkanes of at least 4 members (excludes halogenated alkanes) is 6. The standard InChI is InChI=1S/C18H30BrNO/c1-4-5-6-7-8-9-10-13-21-18-12-11-16(19)14-17(18)15(2)20-3/h11-12,14-15,20H,4-10,13H2,1-3H3. The molecular weight excluding hydrogens is 326 g/mol. The maximum Gasteiger partial charge on any atom is 0.124 e. The Morgan fingerprint density at radius 1 is 1.10 bits per heavy atom. The maximum atomic E-state index is 5.98. The Labute approximate surface area is 138 Å². The largest absolute Gasteiger partial charge is 0.493 e. The van der Waals surface area contributed by atoms with Crippen molar-refractivity contribution >= 4 is 15.9 Å². The third kappa shape index (κ3) is 7.32. The van der Waals surface area contributed by atoms with Crippen LogP contribution in [0.4, 0.5) is 0 Å². The van der Waals surface area contributed by atoms with Crippen LogP contribution >= 0.6 is 15.9 Å². The topological polar surface area (TPSA) is 21.3 Å². The second-order valence-electron chi connectivity index (χ2n) is 5.66. The summed E-state index contributed by atoms with van der Waals surface area (Å²) in [5.41, 5.74) is 1.22. The predicted octanol–water partition coefficient (Wildman–Crippen LogP) is 5.86. The van der Waals surface area contributed by atoms with Gasteiger partial charge < -0.3 is 10.1 Å². The van der Waals surface area contributed by atoms with Crippen molar-refractivity contribution < 1.29 is 4.74 Å². The fourth-order valence-corrected chi connectivity index (χ4v) is 2.76. The van der Waals surface area contributed by atoms with Crippen LogP contribution in [0.1, 0.15) is 70.4 Å². The summed E-state index contributed by atoms with van der Waals surface area (Å²) >= 11 is 3.53. The summed E-state index contributed by atoms with van der Waals surface area (Å²) in [5.74, 6) is 1.01. The fourth-order valence-electron chi connectivity index (χ4n) is 2.39. The summed E-state index contributed by atoms with van der Waals surface area (Å²) in [6.07, 6.45) is 9.21. The van der Waals surface area contributed by atoms with Gasteiger partial charge in [0.1, 0.15) is 5.75 Å². The summed E-state index contributed by atoms with van der Waals surface area (Å²) in [6, 6.07) is 6.55. The molecule has 1 aromatic carbocycles. The van der Waals surface area contributed by atoms with Gasteiger partial charge in [0.2, 0.25) is 0 Å². The highest BCUT2D eigenvalue weighted by molar-refractivity contribution is 9.10. The molecule has 0 fully saturated rings. The Balaban J connectivity index is 2.31. The molecule has 120 valence electrons. The monoisotopic (exact) mass is 355 g/mol. The van der Waals surface area contributed by atoms with E-state index in [2.05, 4.69) is 47.2 Å². The number of hydrogen-bond donors (Lipinski definition) is 1. The van der Waals surface area contributed by atoms with Crippen molar-refractivity contribution in [1.82, 2.24) is 5.32 Å². The zero-order valence-corrected chi connectivity index (χ0v) is 15.3. The minimum Gasteiger partial charge on any atom is -0.493 e. The molecule has 0 saturated heterocycles. The van der Waals surface area contributed by atoms with Crippen LogP contribution in [0.15, 0.2) is 22.7 Å². The SMILES string of the molecule is CCCCCCCCCOc1ccc(Br)cc1C(C)NC. The van der Waals surface area contributed by atoms with E-state index in [1.165, 1.54) is 44.1 Å². The van der Waals surface area contributed by atoms with E-state index in [0.29, 0.717) is 6.04 Å². The number of benzene rings is 1. The van der Waals surface area contributed by atoms with Gasteiger partial charge in [-0.15, -0.1) is 0 Å². The maximum absolute atomic E-state index is 5.98. The highest BCUT2D eigenvalue weighted by atomic mass is 79.9. The molecule has 0 bridgehead atoms. The number of rotatable bonds is 11. The second-order valence-corrected chi connectivity index (χ2v) is 6.58. The van der Waals surface area contributed by atoms with Crippen molar-refractivity contribution in [3.63, 3.8) is 0 Å². The molecule has 0 aromatic heterocycles. The van der Waals surface area contributed by atoms with Crippen molar-refractivity contribution in [3.05, 3.63) is 28.2 Å². The Bertz CT molecular complexity index is 395. The van der Waals surface area contributed by atoms with E-state index >= 15 is 0 Å². The molecule has 2 nitrogen and oxygen atoms in total. The lowest BCUT2D eigenvalue weighted by atomic mass is 10.1. The minimum absolute atomic E-state index is 0.298. The molecule has 1 N–H and O–H groups in total. The lowest BCUT2D eigenvalue weighted by molar-refractivity contribution is 0.299. The van der Waals surface area contributed by atoms with Crippen molar-refractivity contribution in [3.8, 4) is 5.75 Å². The van der Waals surface area contributed by atoms with E-state index < -0.39 is 0 Å². The molecule has 0 aliphatic carbocycles. The van der Waals surface area contributed by atoms with Crippen LogP contribution in [0, 0.1) is 0 Å². The van der Waals surface area contributed by atoms with Crippen molar-refractivity contribution in [2.24, 2.45) is 0 Å². The van der Waals surface area contributed by atoms with Crippen LogP contribution < -0.4 is 10.1 Å². The summed E-state index contributed by atoms with van der Waals surface area (Å²) in [6.45, 7) is 5.23. The highest BCUT2D eigenvalue weighted by Gasteiger charge is 2.10. The lowest BCUT2D eigenvalue weighted by Gasteiger charge is -2.17. The summed E-state index contributed by atoms with van der Waals surface area (Å²) < 4.78 is 7.08. The van der Waals surface area contributed by atoms with Gasteiger partial charge in [-0.2, -0.15) is 0 Å². The van der Waals surface area contributed by atoms with E-state index in [9.17, 15) is 0 Å². The predicted molar refractivity (Wildman–Crippen MR) is 95.1 cm³/mol. The molecule has 0 saturated carbocycles. The molecule has 0 heterocycles. The first kappa shape index (κ1) is 18.5. The molecule has 1 rings (SSSR count). The van der Waals surface area contributed by atoms with E-state index in [1.807, 2.05) is 13.1 Å². The second kappa shape index (κ2) is 11.1. The molecule has 1 aromatic rings. The van der Waals surface area contributed by atoms with Gasteiger partial charge in [-0.3, -0.25) is 0 Å². The molecular formula is C18H30BrNO. The summed E-state index contributed by atoms with van der Waals surface area (Å²) in [7, 11) is 1.98. The van der Waals surface area contributed by atoms with E-state index in [1.54, 1.807) is 0 Å². The highest BCUT2D eigenvalue weighted by Crippen LogP contribution is 2.28. The van der Waals surface area contributed by atoms with Crippen molar-refractivity contribution in [1.29, 1.82) is 0 Å². The Morgan fingerprint density at radius 2 is 1.76 bits per heavy atom. The lowest BCUT2D eigenvalue weighted by Crippen LogP contribution is -2.14. The van der Waals surface area contributed by atoms with Crippen LogP contribution in [0.25, 0.3) is 0 Å². The van der Waals surface area contributed by atoms with Gasteiger partial charge in [0, 0.05) is 16.1 Å². The third-order valence-electron chi connectivity index (χ3n) is 3.88. The van der Waals surface area contributed by atoms with E-state index in [4.69, 9.17) is 4.74 Å². The zero-order valence-electron chi connectivity index (χ0n) is 13.8. The average molecular weight is 356 g/mol. The molecule has 3 heteroatoms. The molecule has 1 unspecified atom stereocenters. The Morgan fingerprint density at radius 3 is 2.43 bits per heavy atom. The van der Waals surface area contributed by atoms with E-state index in [0.717, 1.165) is 23.2 Å². The van der Waals surface area contributed by atoms with Gasteiger partial charge in [0.05, 0.1) is 6.61 Å². The molecule has 0 aliphatic heterocycles. The normalized spacial score (nSPS) is 12.4. The molecule has 0 spiro atoms. The van der Waals surface area contributed by atoms with Crippen LogP contribution in [0.3, 0.4) is 0 Å². The molecule has 21 heavy (non-hydrogen) atoms. The molecule has 0 aliphatic rings.